The summed E-state index contributed by atoms with van der Waals surface area (Å²) < 4.78 is 53.3. The third kappa shape index (κ3) is 4.66. The van der Waals surface area contributed by atoms with Crippen LogP contribution in [0.25, 0.3) is 0 Å². The van der Waals surface area contributed by atoms with Gasteiger partial charge in [-0.05, 0) is 30.5 Å². The molecule has 2 atom stereocenters. The summed E-state index contributed by atoms with van der Waals surface area (Å²) in [6.45, 7) is 1.54. The number of hydrogen-bond acceptors (Lipinski definition) is 6. The molecule has 0 bridgehead atoms. The first-order valence-corrected chi connectivity index (χ1v) is 10.8. The number of rotatable bonds is 9. The molecular weight excluding hydrogens is 473 g/mol. The van der Waals surface area contributed by atoms with Gasteiger partial charge in [0.1, 0.15) is 11.8 Å². The molecule has 2 aliphatic heterocycles. The van der Waals surface area contributed by atoms with Gasteiger partial charge < -0.3 is 14.8 Å². The molecule has 0 radical (unpaired) electrons. The molecule has 0 saturated carbocycles. The Kier molecular flexibility index (Phi) is 7.36. The highest BCUT2D eigenvalue weighted by Gasteiger charge is 2.73. The van der Waals surface area contributed by atoms with E-state index >= 15 is 0 Å². The lowest BCUT2D eigenvalue weighted by Crippen LogP contribution is -2.72. The molecule has 1 aromatic rings. The second-order valence-electron chi connectivity index (χ2n) is 8.05. The van der Waals surface area contributed by atoms with Gasteiger partial charge in [0.05, 0.1) is 14.2 Å². The van der Waals surface area contributed by atoms with Crippen LogP contribution < -0.4 is 20.1 Å². The first kappa shape index (κ1) is 26.0. The zero-order chi connectivity index (χ0) is 26.0. The molecule has 2 N–H and O–H groups in total. The predicted molar refractivity (Wildman–Crippen MR) is 116 cm³/mol. The number of halogens is 3. The molecule has 1 aromatic carbocycles. The molecule has 0 aromatic heterocycles. The normalized spacial score (nSPS) is 21.9. The zero-order valence-electron chi connectivity index (χ0n) is 19.3. The van der Waals surface area contributed by atoms with E-state index in [1.807, 2.05) is 5.32 Å². The van der Waals surface area contributed by atoms with E-state index in [1.165, 1.54) is 14.2 Å². The van der Waals surface area contributed by atoms with E-state index in [0.29, 0.717) is 23.5 Å². The topological polar surface area (TPSA) is 126 Å². The molecule has 1 fully saturated rings. The van der Waals surface area contributed by atoms with Crippen molar-refractivity contribution in [1.82, 2.24) is 15.5 Å². The minimum Gasteiger partial charge on any atom is -0.493 e. The number of imide groups is 1. The highest BCUT2D eigenvalue weighted by atomic mass is 19.4. The summed E-state index contributed by atoms with van der Waals surface area (Å²) in [7, 11) is 2.89. The molecule has 1 saturated heterocycles. The smallest absolute Gasteiger partial charge is 0.422 e. The quantitative estimate of drug-likeness (QED) is 0.536. The van der Waals surface area contributed by atoms with Gasteiger partial charge in [-0.25, -0.2) is 4.79 Å². The van der Waals surface area contributed by atoms with Crippen molar-refractivity contribution < 1.29 is 41.8 Å². The molecular formula is C22H25F3N4O6. The Morgan fingerprint density at radius 2 is 1.89 bits per heavy atom. The Hall–Kier alpha value is -3.64. The summed E-state index contributed by atoms with van der Waals surface area (Å²) in [5.41, 5.74) is -2.96. The number of benzene rings is 1. The first-order valence-electron chi connectivity index (χ1n) is 10.8. The highest BCUT2D eigenvalue weighted by molar-refractivity contribution is 6.27. The van der Waals surface area contributed by atoms with E-state index in [9.17, 15) is 32.3 Å². The van der Waals surface area contributed by atoms with Gasteiger partial charge in [-0.3, -0.25) is 24.6 Å². The minimum absolute atomic E-state index is 0.129. The van der Waals surface area contributed by atoms with Crippen LogP contribution in [0.3, 0.4) is 0 Å². The first-order chi connectivity index (χ1) is 16.5. The predicted octanol–water partition coefficient (Wildman–Crippen LogP) is 1.96. The van der Waals surface area contributed by atoms with Crippen LogP contribution in [0.4, 0.5) is 18.0 Å². The Morgan fingerprint density at radius 3 is 2.49 bits per heavy atom. The SMILES string of the molecule is CCCCC(=O)NC1(C(F)(F)F)C(=O)N=C2C1C(=O)NC(=O)N2CCc1ccc(OC)c(OC)c1. The average Bonchev–Trinajstić information content (AvgIpc) is 3.10. The summed E-state index contributed by atoms with van der Waals surface area (Å²) >= 11 is 0. The number of urea groups is 1. The van der Waals surface area contributed by atoms with Crippen LogP contribution in [0.5, 0.6) is 11.5 Å². The lowest BCUT2D eigenvalue weighted by atomic mass is 9.81. The Labute approximate surface area is 198 Å². The third-order valence-electron chi connectivity index (χ3n) is 5.87. The number of ether oxygens (including phenoxy) is 2. The van der Waals surface area contributed by atoms with E-state index in [4.69, 9.17) is 9.47 Å². The molecule has 10 nitrogen and oxygen atoms in total. The number of nitrogens with one attached hydrogen (secondary N) is 2. The van der Waals surface area contributed by atoms with Crippen molar-refractivity contribution in [3.8, 4) is 11.5 Å². The van der Waals surface area contributed by atoms with Crippen LogP contribution in [0.2, 0.25) is 0 Å². The number of methoxy groups -OCH3 is 2. The second kappa shape index (κ2) is 9.92. The van der Waals surface area contributed by atoms with Gasteiger partial charge in [0.15, 0.2) is 11.5 Å². The zero-order valence-corrected chi connectivity index (χ0v) is 19.3. The molecule has 3 rings (SSSR count). The lowest BCUT2D eigenvalue weighted by Gasteiger charge is -2.39. The maximum absolute atomic E-state index is 14.3. The van der Waals surface area contributed by atoms with Crippen molar-refractivity contribution in [3.05, 3.63) is 23.8 Å². The van der Waals surface area contributed by atoms with Gasteiger partial charge in [0, 0.05) is 13.0 Å². The van der Waals surface area contributed by atoms with Gasteiger partial charge in [-0.2, -0.15) is 18.2 Å². The van der Waals surface area contributed by atoms with Crippen LogP contribution >= 0.6 is 0 Å². The third-order valence-corrected chi connectivity index (χ3v) is 5.87. The summed E-state index contributed by atoms with van der Waals surface area (Å²) in [4.78, 5) is 54.3. The summed E-state index contributed by atoms with van der Waals surface area (Å²) in [6.07, 6.45) is -4.68. The molecule has 2 aliphatic rings. The van der Waals surface area contributed by atoms with Crippen molar-refractivity contribution in [3.63, 3.8) is 0 Å². The van der Waals surface area contributed by atoms with Crippen molar-refractivity contribution in [2.75, 3.05) is 20.8 Å². The fourth-order valence-corrected chi connectivity index (χ4v) is 4.05. The van der Waals surface area contributed by atoms with Crippen molar-refractivity contribution in [2.24, 2.45) is 10.9 Å². The molecule has 35 heavy (non-hydrogen) atoms. The number of hydrogen-bond donors (Lipinski definition) is 2. The van der Waals surface area contributed by atoms with Crippen molar-refractivity contribution in [1.29, 1.82) is 0 Å². The van der Waals surface area contributed by atoms with Crippen molar-refractivity contribution >= 4 is 29.6 Å². The number of carbonyl (C=O) groups excluding carboxylic acids is 4. The summed E-state index contributed by atoms with van der Waals surface area (Å²) in [5, 5.41) is 3.59. The lowest BCUT2D eigenvalue weighted by molar-refractivity contribution is -0.206. The molecule has 0 aliphatic carbocycles. The molecule has 2 unspecified atom stereocenters. The largest absolute Gasteiger partial charge is 0.493 e. The van der Waals surface area contributed by atoms with E-state index in [0.717, 1.165) is 4.90 Å². The number of unbranched alkanes of at least 4 members (excludes halogenated alkanes) is 1. The summed E-state index contributed by atoms with van der Waals surface area (Å²) in [5.74, 6) is -6.21. The minimum atomic E-state index is -5.35. The maximum Gasteiger partial charge on any atom is 0.422 e. The van der Waals surface area contributed by atoms with E-state index in [2.05, 4.69) is 4.99 Å². The number of fused-ring (bicyclic) bond motifs is 1. The van der Waals surface area contributed by atoms with Crippen LogP contribution in [0.15, 0.2) is 23.2 Å². The number of carbonyl (C=O) groups is 4. The van der Waals surface area contributed by atoms with Crippen LogP contribution in [-0.2, 0) is 20.8 Å². The molecule has 5 amide bonds. The van der Waals surface area contributed by atoms with Gasteiger partial charge in [0.25, 0.3) is 5.91 Å². The number of amides is 5. The Bertz CT molecular complexity index is 1070. The van der Waals surface area contributed by atoms with E-state index < -0.39 is 47.2 Å². The molecule has 0 spiro atoms. The van der Waals surface area contributed by atoms with Crippen LogP contribution in [0, 0.1) is 5.92 Å². The van der Waals surface area contributed by atoms with Crippen molar-refractivity contribution in [2.45, 2.75) is 44.3 Å². The number of nitrogens with zero attached hydrogens (tertiary/aromatic N) is 2. The number of amidine groups is 1. The maximum atomic E-state index is 14.3. The van der Waals surface area contributed by atoms with Crippen LogP contribution in [-0.4, -0.2) is 67.0 Å². The van der Waals surface area contributed by atoms with E-state index in [-0.39, 0.29) is 25.8 Å². The fraction of sp³-hybridized carbons (Fsp3) is 0.500. The number of aliphatic imine (C=N–C) groups is 1. The molecule has 13 heteroatoms. The average molecular weight is 498 g/mol. The van der Waals surface area contributed by atoms with Gasteiger partial charge in [-0.15, -0.1) is 0 Å². The molecule has 190 valence electrons. The second-order valence-corrected chi connectivity index (χ2v) is 8.05. The highest BCUT2D eigenvalue weighted by Crippen LogP contribution is 2.44. The van der Waals surface area contributed by atoms with Gasteiger partial charge in [-0.1, -0.05) is 19.4 Å². The standard InChI is InChI=1S/C22H25F3N4O6/c1-4-5-6-15(30)28-21(22(23,24)25)16-17(26-19(21)32)29(20(33)27-18(16)31)10-9-12-7-8-13(34-2)14(11-12)35-3/h7-8,11,16H,4-6,9-10H2,1-3H3,(H,28,30)(H,27,31,33). The summed E-state index contributed by atoms with van der Waals surface area (Å²) in [6, 6.07) is 3.89. The van der Waals surface area contributed by atoms with Crippen LogP contribution in [0.1, 0.15) is 31.7 Å². The molecule has 2 heterocycles. The number of alkyl halides is 3. The fourth-order valence-electron chi connectivity index (χ4n) is 4.05. The van der Waals surface area contributed by atoms with E-state index in [1.54, 1.807) is 30.4 Å². The van der Waals surface area contributed by atoms with Gasteiger partial charge >= 0.3 is 12.2 Å². The Morgan fingerprint density at radius 1 is 1.20 bits per heavy atom. The Balaban J connectivity index is 1.92. The van der Waals surface area contributed by atoms with Gasteiger partial charge in [0.2, 0.25) is 17.4 Å². The monoisotopic (exact) mass is 498 g/mol.